The number of hydrogen-bond acceptors (Lipinski definition) is 4. The lowest BCUT2D eigenvalue weighted by Gasteiger charge is -2.26. The highest BCUT2D eigenvalue weighted by Crippen LogP contribution is 2.15. The Labute approximate surface area is 180 Å². The van der Waals surface area contributed by atoms with E-state index in [9.17, 15) is 5.11 Å². The monoisotopic (exact) mass is 410 g/mol. The van der Waals surface area contributed by atoms with Gasteiger partial charge >= 0.3 is 0 Å². The standard InChI is InChI=1S/C24H34N4O2/c1-2-25-24(26-12-11-23(29)22-9-4-3-5-10-22)27-18-20-7-6-8-21(17-20)19-28-13-15-30-16-14-28/h3-10,17,23,29H,2,11-16,18-19H2,1H3,(H2,25,26,27). The number of aliphatic hydroxyl groups excluding tert-OH is 1. The number of benzene rings is 2. The van der Waals surface area contributed by atoms with Gasteiger partial charge in [0.1, 0.15) is 0 Å². The van der Waals surface area contributed by atoms with E-state index in [4.69, 9.17) is 9.73 Å². The van der Waals surface area contributed by atoms with Crippen LogP contribution >= 0.6 is 0 Å². The van der Waals surface area contributed by atoms with Crippen LogP contribution in [0.1, 0.15) is 36.1 Å². The molecule has 0 aliphatic carbocycles. The molecule has 1 saturated heterocycles. The van der Waals surface area contributed by atoms with Crippen molar-refractivity contribution in [3.05, 3.63) is 71.3 Å². The summed E-state index contributed by atoms with van der Waals surface area (Å²) in [5.74, 6) is 0.774. The molecule has 2 aromatic carbocycles. The van der Waals surface area contributed by atoms with Crippen LogP contribution in [0.15, 0.2) is 59.6 Å². The van der Waals surface area contributed by atoms with E-state index in [0.29, 0.717) is 19.5 Å². The molecule has 0 bridgehead atoms. The Hall–Kier alpha value is -2.41. The zero-order valence-corrected chi connectivity index (χ0v) is 17.9. The lowest BCUT2D eigenvalue weighted by atomic mass is 10.1. The lowest BCUT2D eigenvalue weighted by molar-refractivity contribution is 0.0342. The Balaban J connectivity index is 1.50. The first-order valence-corrected chi connectivity index (χ1v) is 10.9. The number of guanidine groups is 1. The molecule has 162 valence electrons. The van der Waals surface area contributed by atoms with Crippen molar-refractivity contribution in [3.63, 3.8) is 0 Å². The van der Waals surface area contributed by atoms with E-state index < -0.39 is 6.10 Å². The molecule has 0 aromatic heterocycles. The van der Waals surface area contributed by atoms with Crippen LogP contribution in [0.25, 0.3) is 0 Å². The molecule has 1 fully saturated rings. The van der Waals surface area contributed by atoms with Crippen LogP contribution in [-0.4, -0.2) is 55.4 Å². The highest BCUT2D eigenvalue weighted by molar-refractivity contribution is 5.79. The van der Waals surface area contributed by atoms with Gasteiger partial charge < -0.3 is 20.5 Å². The largest absolute Gasteiger partial charge is 0.388 e. The van der Waals surface area contributed by atoms with Crippen molar-refractivity contribution in [3.8, 4) is 0 Å². The molecular formula is C24H34N4O2. The zero-order chi connectivity index (χ0) is 21.0. The van der Waals surface area contributed by atoms with Gasteiger partial charge in [0.2, 0.25) is 0 Å². The Morgan fingerprint density at radius 1 is 1.07 bits per heavy atom. The molecule has 6 nitrogen and oxygen atoms in total. The van der Waals surface area contributed by atoms with Crippen molar-refractivity contribution in [1.29, 1.82) is 0 Å². The fraction of sp³-hybridized carbons (Fsp3) is 0.458. The fourth-order valence-corrected chi connectivity index (χ4v) is 3.53. The van der Waals surface area contributed by atoms with Crippen LogP contribution in [-0.2, 0) is 17.8 Å². The number of aliphatic hydroxyl groups is 1. The second kappa shape index (κ2) is 12.3. The molecule has 3 N–H and O–H groups in total. The number of hydrogen-bond donors (Lipinski definition) is 3. The zero-order valence-electron chi connectivity index (χ0n) is 17.9. The molecule has 0 amide bonds. The number of ether oxygens (including phenoxy) is 1. The van der Waals surface area contributed by atoms with E-state index in [2.05, 4.69) is 46.7 Å². The molecule has 0 spiro atoms. The third-order valence-electron chi connectivity index (χ3n) is 5.16. The summed E-state index contributed by atoms with van der Waals surface area (Å²) in [6.45, 7) is 8.70. The smallest absolute Gasteiger partial charge is 0.191 e. The van der Waals surface area contributed by atoms with Crippen LogP contribution in [0.2, 0.25) is 0 Å². The summed E-state index contributed by atoms with van der Waals surface area (Å²) in [6, 6.07) is 18.4. The van der Waals surface area contributed by atoms with Crippen LogP contribution in [0, 0.1) is 0 Å². The number of nitrogens with one attached hydrogen (secondary N) is 2. The van der Waals surface area contributed by atoms with Crippen LogP contribution in [0.4, 0.5) is 0 Å². The minimum Gasteiger partial charge on any atom is -0.388 e. The van der Waals surface area contributed by atoms with Gasteiger partial charge in [-0.05, 0) is 30.0 Å². The molecule has 30 heavy (non-hydrogen) atoms. The molecule has 0 saturated carbocycles. The topological polar surface area (TPSA) is 69.1 Å². The van der Waals surface area contributed by atoms with Gasteiger partial charge in [-0.2, -0.15) is 0 Å². The molecule has 1 unspecified atom stereocenters. The molecule has 1 heterocycles. The lowest BCUT2D eigenvalue weighted by Crippen LogP contribution is -2.38. The molecule has 0 radical (unpaired) electrons. The maximum atomic E-state index is 10.3. The van der Waals surface area contributed by atoms with Crippen LogP contribution in [0.5, 0.6) is 0 Å². The summed E-state index contributed by atoms with van der Waals surface area (Å²) in [7, 11) is 0. The van der Waals surface area contributed by atoms with Crippen molar-refractivity contribution < 1.29 is 9.84 Å². The summed E-state index contributed by atoms with van der Waals surface area (Å²) in [5.41, 5.74) is 3.45. The first kappa shape index (κ1) is 22.3. The molecule has 1 aliphatic heterocycles. The van der Waals surface area contributed by atoms with Gasteiger partial charge in [-0.25, -0.2) is 4.99 Å². The van der Waals surface area contributed by atoms with Gasteiger partial charge in [0.25, 0.3) is 0 Å². The van der Waals surface area contributed by atoms with E-state index in [1.165, 1.54) is 11.1 Å². The maximum absolute atomic E-state index is 10.3. The molecule has 1 atom stereocenters. The van der Waals surface area contributed by atoms with Crippen molar-refractivity contribution in [2.24, 2.45) is 4.99 Å². The second-order valence-corrected chi connectivity index (χ2v) is 7.55. The summed E-state index contributed by atoms with van der Waals surface area (Å²) in [6.07, 6.45) is 0.155. The van der Waals surface area contributed by atoms with Crippen molar-refractivity contribution in [2.45, 2.75) is 32.5 Å². The van der Waals surface area contributed by atoms with Crippen molar-refractivity contribution in [1.82, 2.24) is 15.5 Å². The number of nitrogens with zero attached hydrogens (tertiary/aromatic N) is 2. The molecule has 2 aromatic rings. The first-order valence-electron chi connectivity index (χ1n) is 10.9. The molecule has 1 aliphatic rings. The van der Waals surface area contributed by atoms with Gasteiger partial charge in [-0.15, -0.1) is 0 Å². The predicted octanol–water partition coefficient (Wildman–Crippen LogP) is 2.70. The van der Waals surface area contributed by atoms with E-state index in [1.54, 1.807) is 0 Å². The summed E-state index contributed by atoms with van der Waals surface area (Å²) in [5, 5.41) is 16.9. The fourth-order valence-electron chi connectivity index (χ4n) is 3.53. The Morgan fingerprint density at radius 2 is 1.83 bits per heavy atom. The summed E-state index contributed by atoms with van der Waals surface area (Å²) < 4.78 is 5.43. The van der Waals surface area contributed by atoms with E-state index in [-0.39, 0.29) is 0 Å². The Morgan fingerprint density at radius 3 is 2.60 bits per heavy atom. The third kappa shape index (κ3) is 7.44. The van der Waals surface area contributed by atoms with Gasteiger partial charge in [0.15, 0.2) is 5.96 Å². The minimum absolute atomic E-state index is 0.474. The molecule has 3 rings (SSSR count). The number of aliphatic imine (C=N–C) groups is 1. The Bertz CT molecular complexity index is 776. The van der Waals surface area contributed by atoms with Crippen LogP contribution in [0.3, 0.4) is 0 Å². The van der Waals surface area contributed by atoms with E-state index in [1.807, 2.05) is 30.3 Å². The van der Waals surface area contributed by atoms with Gasteiger partial charge in [0.05, 0.1) is 25.9 Å². The third-order valence-corrected chi connectivity index (χ3v) is 5.16. The first-order chi connectivity index (χ1) is 14.7. The normalized spacial score (nSPS) is 16.3. The average molecular weight is 411 g/mol. The molecular weight excluding hydrogens is 376 g/mol. The highest BCUT2D eigenvalue weighted by Gasteiger charge is 2.11. The maximum Gasteiger partial charge on any atom is 0.191 e. The summed E-state index contributed by atoms with van der Waals surface area (Å²) in [4.78, 5) is 7.15. The van der Waals surface area contributed by atoms with E-state index in [0.717, 1.165) is 50.9 Å². The average Bonchev–Trinajstić information content (AvgIpc) is 2.79. The molecule has 6 heteroatoms. The van der Waals surface area contributed by atoms with Gasteiger partial charge in [0, 0.05) is 32.7 Å². The number of morpholine rings is 1. The van der Waals surface area contributed by atoms with Crippen molar-refractivity contribution >= 4 is 5.96 Å². The summed E-state index contributed by atoms with van der Waals surface area (Å²) >= 11 is 0. The SMILES string of the molecule is CCNC(=NCc1cccc(CN2CCOCC2)c1)NCCC(O)c1ccccc1. The quantitative estimate of drug-likeness (QED) is 0.438. The Kier molecular flexibility index (Phi) is 9.15. The minimum atomic E-state index is -0.474. The van der Waals surface area contributed by atoms with Crippen LogP contribution < -0.4 is 10.6 Å². The predicted molar refractivity (Wildman–Crippen MR) is 121 cm³/mol. The number of rotatable bonds is 9. The van der Waals surface area contributed by atoms with Crippen molar-refractivity contribution in [2.75, 3.05) is 39.4 Å². The van der Waals surface area contributed by atoms with Gasteiger partial charge in [-0.1, -0.05) is 54.6 Å². The van der Waals surface area contributed by atoms with E-state index >= 15 is 0 Å². The van der Waals surface area contributed by atoms with Gasteiger partial charge in [-0.3, -0.25) is 4.90 Å². The highest BCUT2D eigenvalue weighted by atomic mass is 16.5. The second-order valence-electron chi connectivity index (χ2n) is 7.55.